The van der Waals surface area contributed by atoms with E-state index in [0.29, 0.717) is 34.0 Å². The van der Waals surface area contributed by atoms with Crippen LogP contribution in [-0.2, 0) is 0 Å². The molecule has 164 valence electrons. The van der Waals surface area contributed by atoms with Crippen molar-refractivity contribution in [3.8, 4) is 22.6 Å². The van der Waals surface area contributed by atoms with Gasteiger partial charge in [-0.15, -0.1) is 0 Å². The van der Waals surface area contributed by atoms with Gasteiger partial charge in [0.05, 0.1) is 11.3 Å². The summed E-state index contributed by atoms with van der Waals surface area (Å²) in [5.41, 5.74) is 2.31. The quantitative estimate of drug-likeness (QED) is 0.313. The Hall–Kier alpha value is -4.65. The summed E-state index contributed by atoms with van der Waals surface area (Å²) in [6.07, 6.45) is 0. The van der Waals surface area contributed by atoms with E-state index in [1.807, 2.05) is 18.2 Å². The number of aromatic carboxylic acids is 1. The third-order valence-electron chi connectivity index (χ3n) is 4.74. The molecule has 6 nitrogen and oxygen atoms in total. The second-order valence-corrected chi connectivity index (χ2v) is 7.10. The Morgan fingerprint density at radius 3 is 2.21 bits per heavy atom. The van der Waals surface area contributed by atoms with E-state index in [0.717, 1.165) is 0 Å². The maximum absolute atomic E-state index is 13.1. The fourth-order valence-electron chi connectivity index (χ4n) is 3.16. The molecule has 0 aromatic heterocycles. The van der Waals surface area contributed by atoms with Crippen molar-refractivity contribution in [3.05, 3.63) is 108 Å². The number of rotatable bonds is 6. The molecule has 0 aliphatic heterocycles. The average molecular weight is 442 g/mol. The summed E-state index contributed by atoms with van der Waals surface area (Å²) >= 11 is 0. The number of urea groups is 1. The van der Waals surface area contributed by atoms with Crippen molar-refractivity contribution in [1.29, 1.82) is 0 Å². The third kappa shape index (κ3) is 5.54. The molecule has 0 unspecified atom stereocenters. The fourth-order valence-corrected chi connectivity index (χ4v) is 3.16. The van der Waals surface area contributed by atoms with Crippen LogP contribution in [0.2, 0.25) is 0 Å². The first-order valence-electron chi connectivity index (χ1n) is 10.0. The summed E-state index contributed by atoms with van der Waals surface area (Å²) in [6, 6.07) is 25.6. The number of hydrogen-bond donors (Lipinski definition) is 3. The maximum atomic E-state index is 13.1. The molecule has 0 aliphatic rings. The van der Waals surface area contributed by atoms with Crippen LogP contribution in [0.15, 0.2) is 97.1 Å². The summed E-state index contributed by atoms with van der Waals surface area (Å²) in [5.74, 6) is -0.456. The molecule has 4 aromatic carbocycles. The standard InChI is InChI=1S/C26H19FN2O4/c27-20-10-12-21(13-11-20)28-26(32)29-23-16-18(17-5-4-6-19(15-17)25(30)31)9-14-24(23)33-22-7-2-1-3-8-22/h1-16H,(H,30,31)(H2,28,29,32). The van der Waals surface area contributed by atoms with E-state index >= 15 is 0 Å². The normalized spacial score (nSPS) is 10.3. The van der Waals surface area contributed by atoms with Crippen molar-refractivity contribution in [2.45, 2.75) is 0 Å². The van der Waals surface area contributed by atoms with Gasteiger partial charge in [0.15, 0.2) is 5.75 Å². The molecule has 4 rings (SSSR count). The van der Waals surface area contributed by atoms with E-state index in [1.54, 1.807) is 48.5 Å². The highest BCUT2D eigenvalue weighted by molar-refractivity contribution is 6.01. The number of hydrogen-bond acceptors (Lipinski definition) is 3. The molecule has 0 radical (unpaired) electrons. The van der Waals surface area contributed by atoms with Crippen molar-refractivity contribution in [1.82, 2.24) is 0 Å². The number of ether oxygens (including phenoxy) is 1. The van der Waals surface area contributed by atoms with Crippen LogP contribution < -0.4 is 15.4 Å². The first-order valence-corrected chi connectivity index (χ1v) is 10.0. The van der Waals surface area contributed by atoms with Crippen LogP contribution in [-0.4, -0.2) is 17.1 Å². The van der Waals surface area contributed by atoms with Gasteiger partial charge in [0.1, 0.15) is 11.6 Å². The summed E-state index contributed by atoms with van der Waals surface area (Å²) in [5, 5.41) is 14.7. The molecule has 0 fully saturated rings. The van der Waals surface area contributed by atoms with Crippen LogP contribution in [0.5, 0.6) is 11.5 Å². The summed E-state index contributed by atoms with van der Waals surface area (Å²) in [4.78, 5) is 24.0. The Morgan fingerprint density at radius 2 is 1.48 bits per heavy atom. The zero-order chi connectivity index (χ0) is 23.2. The lowest BCUT2D eigenvalue weighted by atomic mass is 10.0. The predicted octanol–water partition coefficient (Wildman–Crippen LogP) is 6.63. The monoisotopic (exact) mass is 442 g/mol. The van der Waals surface area contributed by atoms with Crippen LogP contribution in [0.3, 0.4) is 0 Å². The number of carbonyl (C=O) groups is 2. The summed E-state index contributed by atoms with van der Waals surface area (Å²) in [7, 11) is 0. The van der Waals surface area contributed by atoms with E-state index < -0.39 is 17.8 Å². The van der Waals surface area contributed by atoms with Gasteiger partial charge in [0, 0.05) is 5.69 Å². The highest BCUT2D eigenvalue weighted by Crippen LogP contribution is 2.34. The summed E-state index contributed by atoms with van der Waals surface area (Å²) in [6.45, 7) is 0. The molecular weight excluding hydrogens is 423 g/mol. The molecule has 0 atom stereocenters. The lowest BCUT2D eigenvalue weighted by Crippen LogP contribution is -2.19. The van der Waals surface area contributed by atoms with Crippen LogP contribution in [0.1, 0.15) is 10.4 Å². The summed E-state index contributed by atoms with van der Waals surface area (Å²) < 4.78 is 19.1. The number of para-hydroxylation sites is 1. The van der Waals surface area contributed by atoms with Gasteiger partial charge in [0.2, 0.25) is 0 Å². The van der Waals surface area contributed by atoms with Gasteiger partial charge in [-0.25, -0.2) is 14.0 Å². The Morgan fingerprint density at radius 1 is 0.758 bits per heavy atom. The number of amides is 2. The van der Waals surface area contributed by atoms with E-state index in [4.69, 9.17) is 4.74 Å². The SMILES string of the molecule is O=C(Nc1ccc(F)cc1)Nc1cc(-c2cccc(C(=O)O)c2)ccc1Oc1ccccc1. The Balaban J connectivity index is 1.65. The van der Waals surface area contributed by atoms with Gasteiger partial charge in [-0.2, -0.15) is 0 Å². The van der Waals surface area contributed by atoms with Crippen molar-refractivity contribution in [2.75, 3.05) is 10.6 Å². The number of nitrogens with one attached hydrogen (secondary N) is 2. The van der Waals surface area contributed by atoms with Gasteiger partial charge in [-0.1, -0.05) is 36.4 Å². The minimum atomic E-state index is -1.03. The van der Waals surface area contributed by atoms with Gasteiger partial charge in [-0.3, -0.25) is 0 Å². The molecule has 4 aromatic rings. The molecule has 0 heterocycles. The molecule has 2 amide bonds. The van der Waals surface area contributed by atoms with Gasteiger partial charge < -0.3 is 20.5 Å². The molecule has 7 heteroatoms. The van der Waals surface area contributed by atoms with Gasteiger partial charge in [0.25, 0.3) is 0 Å². The topological polar surface area (TPSA) is 87.7 Å². The number of carboxylic acids is 1. The zero-order valence-corrected chi connectivity index (χ0v) is 17.3. The molecular formula is C26H19FN2O4. The largest absolute Gasteiger partial charge is 0.478 e. The number of anilines is 2. The fraction of sp³-hybridized carbons (Fsp3) is 0. The number of halogens is 1. The molecule has 0 saturated carbocycles. The molecule has 0 aliphatic carbocycles. The number of carbonyl (C=O) groups excluding carboxylic acids is 1. The van der Waals surface area contributed by atoms with Crippen LogP contribution in [0.25, 0.3) is 11.1 Å². The van der Waals surface area contributed by atoms with Crippen molar-refractivity contribution >= 4 is 23.4 Å². The minimum absolute atomic E-state index is 0.153. The Labute approximate surface area is 189 Å². The molecule has 0 saturated heterocycles. The van der Waals surface area contributed by atoms with Crippen LogP contribution in [0, 0.1) is 5.82 Å². The average Bonchev–Trinajstić information content (AvgIpc) is 2.82. The van der Waals surface area contributed by atoms with Crippen molar-refractivity contribution in [3.63, 3.8) is 0 Å². The number of carboxylic acid groups (broad SMARTS) is 1. The van der Waals surface area contributed by atoms with Gasteiger partial charge in [-0.05, 0) is 71.8 Å². The Kier molecular flexibility index (Phi) is 6.31. The zero-order valence-electron chi connectivity index (χ0n) is 17.3. The van der Waals surface area contributed by atoms with Gasteiger partial charge >= 0.3 is 12.0 Å². The molecule has 33 heavy (non-hydrogen) atoms. The van der Waals surface area contributed by atoms with Crippen molar-refractivity contribution < 1.29 is 23.8 Å². The van der Waals surface area contributed by atoms with E-state index in [-0.39, 0.29) is 5.56 Å². The molecule has 0 spiro atoms. The lowest BCUT2D eigenvalue weighted by Gasteiger charge is -2.15. The van der Waals surface area contributed by atoms with E-state index in [9.17, 15) is 19.1 Å². The lowest BCUT2D eigenvalue weighted by molar-refractivity contribution is 0.0697. The highest BCUT2D eigenvalue weighted by atomic mass is 19.1. The predicted molar refractivity (Wildman–Crippen MR) is 124 cm³/mol. The van der Waals surface area contributed by atoms with Crippen LogP contribution in [0.4, 0.5) is 20.6 Å². The second-order valence-electron chi connectivity index (χ2n) is 7.10. The maximum Gasteiger partial charge on any atom is 0.335 e. The van der Waals surface area contributed by atoms with Crippen molar-refractivity contribution in [2.24, 2.45) is 0 Å². The smallest absolute Gasteiger partial charge is 0.335 e. The van der Waals surface area contributed by atoms with Crippen LogP contribution >= 0.6 is 0 Å². The van der Waals surface area contributed by atoms with E-state index in [2.05, 4.69) is 10.6 Å². The first kappa shape index (κ1) is 21.6. The molecule has 3 N–H and O–H groups in total. The third-order valence-corrected chi connectivity index (χ3v) is 4.74. The highest BCUT2D eigenvalue weighted by Gasteiger charge is 2.13. The number of benzene rings is 4. The minimum Gasteiger partial charge on any atom is -0.478 e. The first-order chi connectivity index (χ1) is 16.0. The van der Waals surface area contributed by atoms with E-state index in [1.165, 1.54) is 30.3 Å². The Bertz CT molecular complexity index is 1290. The second kappa shape index (κ2) is 9.65. The molecule has 0 bridgehead atoms.